The van der Waals surface area contributed by atoms with E-state index in [0.29, 0.717) is 5.56 Å². The predicted molar refractivity (Wildman–Crippen MR) is 123 cm³/mol. The van der Waals surface area contributed by atoms with Crippen molar-refractivity contribution >= 4 is 5.78 Å². The number of benzene rings is 1. The van der Waals surface area contributed by atoms with Gasteiger partial charge >= 0.3 is 0 Å². The molecule has 0 heterocycles. The second-order valence-electron chi connectivity index (χ2n) is 8.26. The van der Waals surface area contributed by atoms with Crippen LogP contribution >= 0.6 is 0 Å². The Morgan fingerprint density at radius 1 is 0.690 bits per heavy atom. The molecule has 3 nitrogen and oxygen atoms in total. The van der Waals surface area contributed by atoms with Crippen molar-refractivity contribution < 1.29 is 14.6 Å². The number of carbonyl (C=O) groups is 1. The Kier molecular flexibility index (Phi) is 16.5. The van der Waals surface area contributed by atoms with E-state index in [0.717, 1.165) is 18.8 Å². The van der Waals surface area contributed by atoms with Crippen LogP contribution in [0.1, 0.15) is 120 Å². The molecule has 0 bridgehead atoms. The summed E-state index contributed by atoms with van der Waals surface area (Å²) in [5, 5.41) is 8.84. The van der Waals surface area contributed by atoms with Crippen molar-refractivity contribution in [2.24, 2.45) is 0 Å². The van der Waals surface area contributed by atoms with Gasteiger partial charge in [0.1, 0.15) is 12.4 Å². The number of ether oxygens (including phenoxy) is 1. The molecule has 166 valence electrons. The zero-order valence-electron chi connectivity index (χ0n) is 18.8. The summed E-state index contributed by atoms with van der Waals surface area (Å²) in [6.07, 6.45) is 21.9. The maximum atomic E-state index is 11.4. The highest BCUT2D eigenvalue weighted by Crippen LogP contribution is 2.15. The normalized spacial score (nSPS) is 11.0. The van der Waals surface area contributed by atoms with Crippen LogP contribution in [0.4, 0.5) is 0 Å². The van der Waals surface area contributed by atoms with Gasteiger partial charge in [-0.2, -0.15) is 0 Å². The number of carbonyl (C=O) groups excluding carboxylic acids is 1. The van der Waals surface area contributed by atoms with Gasteiger partial charge in [-0.15, -0.1) is 0 Å². The molecule has 0 aliphatic carbocycles. The number of hydrogen-bond donors (Lipinski definition) is 1. The number of hydrogen-bond acceptors (Lipinski definition) is 3. The molecule has 0 aliphatic rings. The number of aliphatic hydroxyl groups excluding tert-OH is 1. The minimum absolute atomic E-state index is 0.255. The molecule has 0 radical (unpaired) electrons. The van der Waals surface area contributed by atoms with E-state index in [1.807, 2.05) is 0 Å². The van der Waals surface area contributed by atoms with Gasteiger partial charge in [0.25, 0.3) is 0 Å². The van der Waals surface area contributed by atoms with E-state index >= 15 is 0 Å². The summed E-state index contributed by atoms with van der Waals surface area (Å²) in [6.45, 7) is 2.56. The molecule has 1 rings (SSSR count). The molecule has 1 aromatic rings. The highest BCUT2D eigenvalue weighted by atomic mass is 16.5. The van der Waals surface area contributed by atoms with E-state index in [-0.39, 0.29) is 5.78 Å². The van der Waals surface area contributed by atoms with Crippen LogP contribution in [-0.2, 0) is 0 Å². The minimum atomic E-state index is -0.445. The minimum Gasteiger partial charge on any atom is -0.494 e. The molecule has 1 N–H and O–H groups in total. The molecule has 3 heteroatoms. The van der Waals surface area contributed by atoms with Gasteiger partial charge < -0.3 is 9.84 Å². The summed E-state index contributed by atoms with van der Waals surface area (Å²) in [5.41, 5.74) is 0.530. The fourth-order valence-corrected chi connectivity index (χ4v) is 3.67. The van der Waals surface area contributed by atoms with E-state index in [4.69, 9.17) is 9.84 Å². The Labute approximate surface area is 179 Å². The molecule has 0 fully saturated rings. The lowest BCUT2D eigenvalue weighted by Gasteiger charge is -2.07. The van der Waals surface area contributed by atoms with Crippen LogP contribution in [0.2, 0.25) is 0 Å². The van der Waals surface area contributed by atoms with Crippen molar-refractivity contribution in [2.75, 3.05) is 13.2 Å². The lowest BCUT2D eigenvalue weighted by Crippen LogP contribution is -2.04. The van der Waals surface area contributed by atoms with Crippen LogP contribution < -0.4 is 4.74 Å². The van der Waals surface area contributed by atoms with Gasteiger partial charge in [-0.3, -0.25) is 4.79 Å². The quantitative estimate of drug-likeness (QED) is 0.181. The van der Waals surface area contributed by atoms with Gasteiger partial charge in [0.05, 0.1) is 6.61 Å². The van der Waals surface area contributed by atoms with Gasteiger partial charge in [0, 0.05) is 5.56 Å². The summed E-state index contributed by atoms with van der Waals surface area (Å²) in [5.74, 6) is 0.537. The Bertz CT molecular complexity index is 495. The van der Waals surface area contributed by atoms with Crippen molar-refractivity contribution in [1.29, 1.82) is 0 Å². The number of aliphatic hydroxyl groups is 1. The van der Waals surface area contributed by atoms with Crippen LogP contribution in [0, 0.1) is 0 Å². The van der Waals surface area contributed by atoms with Crippen molar-refractivity contribution in [3.05, 3.63) is 29.8 Å². The Morgan fingerprint density at radius 3 is 1.52 bits per heavy atom. The predicted octanol–water partition coefficient (Wildman–Crippen LogP) is 7.50. The van der Waals surface area contributed by atoms with Gasteiger partial charge in [0.2, 0.25) is 0 Å². The average molecular weight is 405 g/mol. The van der Waals surface area contributed by atoms with E-state index in [1.54, 1.807) is 24.3 Å². The van der Waals surface area contributed by atoms with Crippen LogP contribution in [0.15, 0.2) is 24.3 Å². The summed E-state index contributed by atoms with van der Waals surface area (Å²) >= 11 is 0. The Morgan fingerprint density at radius 2 is 1.10 bits per heavy atom. The second-order valence-corrected chi connectivity index (χ2v) is 8.26. The van der Waals surface area contributed by atoms with Gasteiger partial charge in [0.15, 0.2) is 5.78 Å². The van der Waals surface area contributed by atoms with Crippen molar-refractivity contribution in [3.63, 3.8) is 0 Å². The average Bonchev–Trinajstić information content (AvgIpc) is 2.75. The van der Waals surface area contributed by atoms with Gasteiger partial charge in [-0.1, -0.05) is 103 Å². The molecule has 0 atom stereocenters. The fraction of sp³-hybridized carbons (Fsp3) is 0.731. The lowest BCUT2D eigenvalue weighted by molar-refractivity contribution is 0.0903. The molecule has 0 spiro atoms. The number of rotatable bonds is 20. The smallest absolute Gasteiger partial charge is 0.188 e. The molecule has 0 aliphatic heterocycles. The molecule has 0 unspecified atom stereocenters. The first kappa shape index (κ1) is 25.7. The van der Waals surface area contributed by atoms with E-state index in [9.17, 15) is 4.79 Å². The van der Waals surface area contributed by atoms with E-state index in [1.165, 1.54) is 96.3 Å². The summed E-state index contributed by atoms with van der Waals surface area (Å²) in [7, 11) is 0. The summed E-state index contributed by atoms with van der Waals surface area (Å²) in [4.78, 5) is 11.4. The van der Waals surface area contributed by atoms with Crippen LogP contribution in [0.3, 0.4) is 0 Å². The third-order valence-electron chi connectivity index (χ3n) is 5.59. The van der Waals surface area contributed by atoms with Gasteiger partial charge in [-0.25, -0.2) is 0 Å². The van der Waals surface area contributed by atoms with Crippen LogP contribution in [0.25, 0.3) is 0 Å². The maximum absolute atomic E-state index is 11.4. The number of ketones is 1. The maximum Gasteiger partial charge on any atom is 0.188 e. The second kappa shape index (κ2) is 18.7. The lowest BCUT2D eigenvalue weighted by atomic mass is 10.0. The monoisotopic (exact) mass is 404 g/mol. The summed E-state index contributed by atoms with van der Waals surface area (Å²) in [6, 6.07) is 7.02. The number of unbranched alkanes of at least 4 members (excludes halogenated alkanes) is 15. The first-order valence-electron chi connectivity index (χ1n) is 12.1. The molecule has 1 aromatic carbocycles. The largest absolute Gasteiger partial charge is 0.494 e. The molecular weight excluding hydrogens is 360 g/mol. The zero-order chi connectivity index (χ0) is 21.0. The molecule has 29 heavy (non-hydrogen) atoms. The Hall–Kier alpha value is -1.35. The van der Waals surface area contributed by atoms with E-state index in [2.05, 4.69) is 6.92 Å². The van der Waals surface area contributed by atoms with Crippen LogP contribution in [0.5, 0.6) is 5.75 Å². The highest BCUT2D eigenvalue weighted by Gasteiger charge is 2.03. The SMILES string of the molecule is CCCCCCCCCCCCCCCCCCOc1ccc(C(=O)CO)cc1. The Balaban J connectivity index is 1.82. The van der Waals surface area contributed by atoms with Crippen LogP contribution in [-0.4, -0.2) is 24.1 Å². The topological polar surface area (TPSA) is 46.5 Å². The molecular formula is C26H44O3. The molecule has 0 amide bonds. The van der Waals surface area contributed by atoms with E-state index < -0.39 is 6.61 Å². The first-order chi connectivity index (χ1) is 14.3. The van der Waals surface area contributed by atoms with Crippen molar-refractivity contribution in [3.8, 4) is 5.75 Å². The standard InChI is InChI=1S/C26H44O3/c1-2-3-4-5-6-7-8-9-10-11-12-13-14-15-16-17-22-29-25-20-18-24(19-21-25)26(28)23-27/h18-21,27H,2-17,22-23H2,1H3. The fourth-order valence-electron chi connectivity index (χ4n) is 3.67. The van der Waals surface area contributed by atoms with Crippen molar-refractivity contribution in [1.82, 2.24) is 0 Å². The highest BCUT2D eigenvalue weighted by molar-refractivity contribution is 5.96. The summed E-state index contributed by atoms with van der Waals surface area (Å²) < 4.78 is 5.72. The zero-order valence-corrected chi connectivity index (χ0v) is 18.8. The molecule has 0 saturated heterocycles. The third-order valence-corrected chi connectivity index (χ3v) is 5.59. The molecule has 0 aromatic heterocycles. The first-order valence-corrected chi connectivity index (χ1v) is 12.1. The van der Waals surface area contributed by atoms with Crippen molar-refractivity contribution in [2.45, 2.75) is 110 Å². The van der Waals surface area contributed by atoms with Gasteiger partial charge in [-0.05, 0) is 30.7 Å². The number of Topliss-reactive ketones (excluding diaryl/α,β-unsaturated/α-hetero) is 1. The molecule has 0 saturated carbocycles. The third kappa shape index (κ3) is 14.3.